The van der Waals surface area contributed by atoms with Crippen molar-refractivity contribution in [3.63, 3.8) is 0 Å². The summed E-state index contributed by atoms with van der Waals surface area (Å²) in [7, 11) is 1.75. The molecule has 20 heavy (non-hydrogen) atoms. The third kappa shape index (κ3) is 2.23. The molecule has 0 bridgehead atoms. The zero-order valence-electron chi connectivity index (χ0n) is 11.1. The van der Waals surface area contributed by atoms with Crippen LogP contribution in [0, 0.1) is 0 Å². The second kappa shape index (κ2) is 5.09. The molecule has 4 heteroatoms. The molecule has 0 spiro atoms. The molecular weight excluding hydrogens is 250 g/mol. The Kier molecular flexibility index (Phi) is 3.13. The summed E-state index contributed by atoms with van der Waals surface area (Å²) in [5, 5.41) is 3.92. The first kappa shape index (κ1) is 12.3. The lowest BCUT2D eigenvalue weighted by Crippen LogP contribution is -2.30. The number of nitrogens with one attached hydrogen (secondary N) is 2. The number of hydrogen-bond donors (Lipinski definition) is 2. The van der Waals surface area contributed by atoms with Gasteiger partial charge in [0.25, 0.3) is 0 Å². The average molecular weight is 265 g/mol. The van der Waals surface area contributed by atoms with Gasteiger partial charge >= 0.3 is 6.03 Å². The number of benzene rings is 2. The van der Waals surface area contributed by atoms with Gasteiger partial charge in [-0.2, -0.15) is 0 Å². The number of hydrogen-bond acceptors (Lipinski definition) is 1. The van der Waals surface area contributed by atoms with Crippen molar-refractivity contribution in [1.29, 1.82) is 0 Å². The van der Waals surface area contributed by atoms with Crippen LogP contribution in [0.4, 0.5) is 16.2 Å². The lowest BCUT2D eigenvalue weighted by atomic mass is 10.2. The first-order chi connectivity index (χ1) is 9.75. The molecule has 2 aromatic carbocycles. The highest BCUT2D eigenvalue weighted by Gasteiger charge is 2.12. The van der Waals surface area contributed by atoms with Gasteiger partial charge in [-0.05, 0) is 18.2 Å². The van der Waals surface area contributed by atoms with E-state index < -0.39 is 0 Å². The molecule has 3 aromatic rings. The van der Waals surface area contributed by atoms with Crippen molar-refractivity contribution in [2.45, 2.75) is 0 Å². The molecule has 0 saturated carbocycles. The molecule has 4 nitrogen and oxygen atoms in total. The molecule has 1 heterocycles. The topological polar surface area (TPSA) is 48.1 Å². The first-order valence-electron chi connectivity index (χ1n) is 6.41. The second-order valence-electron chi connectivity index (χ2n) is 4.57. The Hall–Kier alpha value is -2.75. The molecule has 0 aliphatic carbocycles. The van der Waals surface area contributed by atoms with Crippen molar-refractivity contribution in [3.05, 3.63) is 60.8 Å². The minimum absolute atomic E-state index is 0.166. The highest BCUT2D eigenvalue weighted by molar-refractivity contribution is 6.06. The molecule has 0 fully saturated rings. The summed E-state index contributed by atoms with van der Waals surface area (Å²) in [6.45, 7) is 0. The maximum absolute atomic E-state index is 12.3. The fourth-order valence-electron chi connectivity index (χ4n) is 2.14. The van der Waals surface area contributed by atoms with Crippen LogP contribution in [-0.2, 0) is 0 Å². The number of H-pyrrole nitrogens is 1. The van der Waals surface area contributed by atoms with E-state index in [1.807, 2.05) is 54.6 Å². The molecule has 0 saturated heterocycles. The van der Waals surface area contributed by atoms with Gasteiger partial charge < -0.3 is 10.3 Å². The molecule has 1 aromatic heterocycles. The molecule has 0 radical (unpaired) electrons. The van der Waals surface area contributed by atoms with E-state index >= 15 is 0 Å². The Labute approximate surface area is 117 Å². The van der Waals surface area contributed by atoms with Crippen LogP contribution in [0.2, 0.25) is 0 Å². The Balaban J connectivity index is 1.82. The standard InChI is InChI=1S/C16H15N3O/c1-19(12-7-3-2-4-8-12)16(20)18-15-11-17-14-10-6-5-9-13(14)15/h2-11,17H,1H3,(H,18,20). The summed E-state index contributed by atoms with van der Waals surface area (Å²) < 4.78 is 0. The van der Waals surface area contributed by atoms with E-state index in [-0.39, 0.29) is 6.03 Å². The molecule has 2 N–H and O–H groups in total. The van der Waals surface area contributed by atoms with Gasteiger partial charge in [-0.1, -0.05) is 36.4 Å². The Bertz CT molecular complexity index is 734. The summed E-state index contributed by atoms with van der Waals surface area (Å²) in [6, 6.07) is 17.2. The van der Waals surface area contributed by atoms with Crippen LogP contribution in [0.25, 0.3) is 10.9 Å². The van der Waals surface area contributed by atoms with Crippen LogP contribution < -0.4 is 10.2 Å². The molecule has 100 valence electrons. The number of para-hydroxylation sites is 2. The smallest absolute Gasteiger partial charge is 0.326 e. The van der Waals surface area contributed by atoms with Gasteiger partial charge in [-0.3, -0.25) is 4.90 Å². The van der Waals surface area contributed by atoms with Crippen LogP contribution in [0.1, 0.15) is 0 Å². The van der Waals surface area contributed by atoms with Crippen molar-refractivity contribution >= 4 is 28.3 Å². The van der Waals surface area contributed by atoms with Crippen LogP contribution in [0.3, 0.4) is 0 Å². The highest BCUT2D eigenvalue weighted by Crippen LogP contribution is 2.23. The van der Waals surface area contributed by atoms with Gasteiger partial charge in [-0.15, -0.1) is 0 Å². The third-order valence-electron chi connectivity index (χ3n) is 3.28. The van der Waals surface area contributed by atoms with Crippen molar-refractivity contribution in [2.75, 3.05) is 17.3 Å². The van der Waals surface area contributed by atoms with E-state index in [9.17, 15) is 4.79 Å². The van der Waals surface area contributed by atoms with Gasteiger partial charge in [0.1, 0.15) is 0 Å². The van der Waals surface area contributed by atoms with Crippen LogP contribution in [0.15, 0.2) is 60.8 Å². The number of fused-ring (bicyclic) bond motifs is 1. The number of nitrogens with zero attached hydrogens (tertiary/aromatic N) is 1. The first-order valence-corrected chi connectivity index (χ1v) is 6.41. The summed E-state index contributed by atoms with van der Waals surface area (Å²) in [5.41, 5.74) is 2.64. The summed E-state index contributed by atoms with van der Waals surface area (Å²) in [5.74, 6) is 0. The molecule has 3 rings (SSSR count). The molecule has 2 amide bonds. The van der Waals surface area contributed by atoms with Crippen molar-refractivity contribution in [2.24, 2.45) is 0 Å². The van der Waals surface area contributed by atoms with Crippen LogP contribution in [-0.4, -0.2) is 18.1 Å². The van der Waals surface area contributed by atoms with Gasteiger partial charge in [0.15, 0.2) is 0 Å². The van der Waals surface area contributed by atoms with E-state index in [0.717, 1.165) is 22.3 Å². The quantitative estimate of drug-likeness (QED) is 0.726. The predicted molar refractivity (Wildman–Crippen MR) is 82.2 cm³/mol. The van der Waals surface area contributed by atoms with E-state index in [1.54, 1.807) is 18.1 Å². The summed E-state index contributed by atoms with van der Waals surface area (Å²) >= 11 is 0. The number of urea groups is 1. The zero-order valence-corrected chi connectivity index (χ0v) is 11.1. The lowest BCUT2D eigenvalue weighted by molar-refractivity contribution is 0.258. The third-order valence-corrected chi connectivity index (χ3v) is 3.28. The maximum Gasteiger partial charge on any atom is 0.326 e. The Morgan fingerprint density at radius 3 is 2.55 bits per heavy atom. The van der Waals surface area contributed by atoms with Gasteiger partial charge in [0, 0.05) is 29.8 Å². The van der Waals surface area contributed by atoms with Gasteiger partial charge in [-0.25, -0.2) is 4.79 Å². The number of carbonyl (C=O) groups is 1. The summed E-state index contributed by atoms with van der Waals surface area (Å²) in [6.07, 6.45) is 1.81. The molecule has 0 aliphatic rings. The largest absolute Gasteiger partial charge is 0.359 e. The molecule has 0 atom stereocenters. The maximum atomic E-state index is 12.3. The van der Waals surface area contributed by atoms with E-state index in [1.165, 1.54) is 0 Å². The number of rotatable bonds is 2. The number of amides is 2. The number of anilines is 2. The lowest BCUT2D eigenvalue weighted by Gasteiger charge is -2.17. The van der Waals surface area contributed by atoms with Crippen molar-refractivity contribution in [3.8, 4) is 0 Å². The van der Waals surface area contributed by atoms with E-state index in [4.69, 9.17) is 0 Å². The fourth-order valence-corrected chi connectivity index (χ4v) is 2.14. The van der Waals surface area contributed by atoms with E-state index in [2.05, 4.69) is 10.3 Å². The molecule has 0 unspecified atom stereocenters. The van der Waals surface area contributed by atoms with Gasteiger partial charge in [0.05, 0.1) is 5.69 Å². The minimum Gasteiger partial charge on any atom is -0.359 e. The van der Waals surface area contributed by atoms with Crippen molar-refractivity contribution < 1.29 is 4.79 Å². The fraction of sp³-hybridized carbons (Fsp3) is 0.0625. The Morgan fingerprint density at radius 2 is 1.75 bits per heavy atom. The van der Waals surface area contributed by atoms with Crippen molar-refractivity contribution in [1.82, 2.24) is 4.98 Å². The monoisotopic (exact) mass is 265 g/mol. The number of aromatic nitrogens is 1. The minimum atomic E-state index is -0.166. The Morgan fingerprint density at radius 1 is 1.05 bits per heavy atom. The number of carbonyl (C=O) groups excluding carboxylic acids is 1. The molecular formula is C16H15N3O. The van der Waals surface area contributed by atoms with Crippen LogP contribution in [0.5, 0.6) is 0 Å². The van der Waals surface area contributed by atoms with Gasteiger partial charge in [0.2, 0.25) is 0 Å². The predicted octanol–water partition coefficient (Wildman–Crippen LogP) is 3.84. The number of aromatic amines is 1. The summed E-state index contributed by atoms with van der Waals surface area (Å²) in [4.78, 5) is 17.0. The van der Waals surface area contributed by atoms with E-state index in [0.29, 0.717) is 0 Å². The molecule has 0 aliphatic heterocycles. The normalized spacial score (nSPS) is 10.4. The average Bonchev–Trinajstić information content (AvgIpc) is 2.91. The zero-order chi connectivity index (χ0) is 13.9. The SMILES string of the molecule is CN(C(=O)Nc1c[nH]c2ccccc12)c1ccccc1. The van der Waals surface area contributed by atoms with Crippen LogP contribution >= 0.6 is 0 Å². The second-order valence-corrected chi connectivity index (χ2v) is 4.57. The highest BCUT2D eigenvalue weighted by atomic mass is 16.2.